The van der Waals surface area contributed by atoms with Crippen LogP contribution in [0.15, 0.2) is 35.5 Å². The molecular weight excluding hydrogens is 288 g/mol. The van der Waals surface area contributed by atoms with Gasteiger partial charge >= 0.3 is 0 Å². The van der Waals surface area contributed by atoms with Crippen LogP contribution in [-0.4, -0.2) is 18.5 Å². The molecule has 0 fully saturated rings. The Labute approximate surface area is 124 Å². The second kappa shape index (κ2) is 5.83. The van der Waals surface area contributed by atoms with Gasteiger partial charge < -0.3 is 5.11 Å². The molecule has 0 saturated heterocycles. The van der Waals surface area contributed by atoms with Crippen LogP contribution < -0.4 is 4.72 Å². The minimum Gasteiger partial charge on any atom is -0.392 e. The van der Waals surface area contributed by atoms with Crippen molar-refractivity contribution in [1.82, 2.24) is 4.98 Å². The molecule has 1 heterocycles. The molecule has 2 N–H and O–H groups in total. The lowest BCUT2D eigenvalue weighted by molar-refractivity contribution is 0.280. The first kappa shape index (κ1) is 15.5. The van der Waals surface area contributed by atoms with Gasteiger partial charge in [-0.1, -0.05) is 6.07 Å². The molecule has 112 valence electrons. The van der Waals surface area contributed by atoms with E-state index in [0.29, 0.717) is 16.8 Å². The van der Waals surface area contributed by atoms with E-state index in [1.165, 1.54) is 12.3 Å². The number of hydrogen-bond acceptors (Lipinski definition) is 4. The summed E-state index contributed by atoms with van der Waals surface area (Å²) in [5.41, 5.74) is 3.35. The minimum atomic E-state index is -3.72. The van der Waals surface area contributed by atoms with Crippen LogP contribution in [0.4, 0.5) is 5.69 Å². The average molecular weight is 306 g/mol. The summed E-state index contributed by atoms with van der Waals surface area (Å²) in [7, 11) is -3.72. The number of pyridine rings is 1. The van der Waals surface area contributed by atoms with E-state index in [1.54, 1.807) is 32.2 Å². The number of nitrogens with zero attached hydrogens (tertiary/aromatic N) is 1. The molecule has 0 bridgehead atoms. The number of rotatable bonds is 4. The van der Waals surface area contributed by atoms with E-state index in [4.69, 9.17) is 0 Å². The van der Waals surface area contributed by atoms with E-state index in [2.05, 4.69) is 9.71 Å². The van der Waals surface area contributed by atoms with Crippen LogP contribution in [0.3, 0.4) is 0 Å². The van der Waals surface area contributed by atoms with Crippen molar-refractivity contribution in [2.75, 3.05) is 4.72 Å². The van der Waals surface area contributed by atoms with Gasteiger partial charge in [-0.2, -0.15) is 0 Å². The van der Waals surface area contributed by atoms with Gasteiger partial charge in [0, 0.05) is 6.20 Å². The number of hydrogen-bond donors (Lipinski definition) is 2. The first-order chi connectivity index (χ1) is 9.85. The highest BCUT2D eigenvalue weighted by molar-refractivity contribution is 7.92. The molecule has 1 aromatic carbocycles. The van der Waals surface area contributed by atoms with Gasteiger partial charge in [0.2, 0.25) is 0 Å². The molecule has 0 aliphatic rings. The van der Waals surface area contributed by atoms with Crippen LogP contribution in [0.1, 0.15) is 22.3 Å². The van der Waals surface area contributed by atoms with Crippen LogP contribution in [0.2, 0.25) is 0 Å². The minimum absolute atomic E-state index is 0.167. The first-order valence-electron chi connectivity index (χ1n) is 6.49. The van der Waals surface area contributed by atoms with E-state index >= 15 is 0 Å². The van der Waals surface area contributed by atoms with E-state index in [9.17, 15) is 13.5 Å². The highest BCUT2D eigenvalue weighted by Gasteiger charge is 2.19. The third-order valence-corrected chi connectivity index (χ3v) is 4.88. The summed E-state index contributed by atoms with van der Waals surface area (Å²) in [4.78, 5) is 4.09. The molecule has 6 heteroatoms. The lowest BCUT2D eigenvalue weighted by Gasteiger charge is -2.14. The summed E-state index contributed by atoms with van der Waals surface area (Å²) in [5, 5.41) is 9.31. The number of benzene rings is 1. The Hall–Kier alpha value is -1.92. The Kier molecular flexibility index (Phi) is 4.29. The van der Waals surface area contributed by atoms with Gasteiger partial charge in [-0.25, -0.2) is 8.42 Å². The molecule has 0 aliphatic heterocycles. The van der Waals surface area contributed by atoms with Crippen molar-refractivity contribution in [1.29, 1.82) is 0 Å². The highest BCUT2D eigenvalue weighted by Crippen LogP contribution is 2.24. The molecule has 0 amide bonds. The number of aliphatic hydroxyl groups is 1. The molecule has 2 aromatic rings. The standard InChI is InChI=1S/C15H18N2O3S/c1-10-4-5-16-8-14(10)17-21(19,20)15-7-13(9-18)11(2)6-12(15)3/h4-8,17-18H,9H2,1-3H3. The zero-order chi connectivity index (χ0) is 15.6. The molecular formula is C15H18N2O3S. The quantitative estimate of drug-likeness (QED) is 0.908. The number of sulfonamides is 1. The Morgan fingerprint density at radius 1 is 1.14 bits per heavy atom. The maximum absolute atomic E-state index is 12.5. The summed E-state index contributed by atoms with van der Waals surface area (Å²) >= 11 is 0. The summed E-state index contributed by atoms with van der Waals surface area (Å²) in [6, 6.07) is 5.01. The number of aliphatic hydroxyl groups excluding tert-OH is 1. The lowest BCUT2D eigenvalue weighted by atomic mass is 10.1. The Balaban J connectivity index is 2.47. The normalized spacial score (nSPS) is 11.4. The second-order valence-electron chi connectivity index (χ2n) is 5.00. The lowest BCUT2D eigenvalue weighted by Crippen LogP contribution is -2.16. The van der Waals surface area contributed by atoms with Crippen LogP contribution in [0.25, 0.3) is 0 Å². The molecule has 0 spiro atoms. The summed E-state index contributed by atoms with van der Waals surface area (Å²) in [6.45, 7) is 5.19. The van der Waals surface area contributed by atoms with Crippen molar-refractivity contribution < 1.29 is 13.5 Å². The fourth-order valence-electron chi connectivity index (χ4n) is 2.10. The maximum atomic E-state index is 12.5. The summed E-state index contributed by atoms with van der Waals surface area (Å²) < 4.78 is 27.6. The van der Waals surface area contributed by atoms with E-state index in [1.807, 2.05) is 6.92 Å². The smallest absolute Gasteiger partial charge is 0.262 e. The zero-order valence-electron chi connectivity index (χ0n) is 12.2. The first-order valence-corrected chi connectivity index (χ1v) is 7.98. The Bertz CT molecular complexity index is 770. The van der Waals surface area contributed by atoms with Crippen molar-refractivity contribution >= 4 is 15.7 Å². The third-order valence-electron chi connectivity index (χ3n) is 3.38. The zero-order valence-corrected chi connectivity index (χ0v) is 13.0. The largest absolute Gasteiger partial charge is 0.392 e. The Morgan fingerprint density at radius 2 is 1.86 bits per heavy atom. The van der Waals surface area contributed by atoms with Gasteiger partial charge in [0.15, 0.2) is 0 Å². The summed E-state index contributed by atoms with van der Waals surface area (Å²) in [5.74, 6) is 0. The van der Waals surface area contributed by atoms with Crippen molar-refractivity contribution in [3.63, 3.8) is 0 Å². The van der Waals surface area contributed by atoms with Crippen LogP contribution in [0, 0.1) is 20.8 Å². The molecule has 5 nitrogen and oxygen atoms in total. The number of nitrogens with one attached hydrogen (secondary N) is 1. The highest BCUT2D eigenvalue weighted by atomic mass is 32.2. The predicted molar refractivity (Wildman–Crippen MR) is 81.6 cm³/mol. The number of aryl methyl sites for hydroxylation is 3. The molecule has 0 aliphatic carbocycles. The van der Waals surface area contributed by atoms with Gasteiger partial charge in [-0.05, 0) is 55.2 Å². The molecule has 0 unspecified atom stereocenters. The molecule has 0 saturated carbocycles. The predicted octanol–water partition coefficient (Wildman–Crippen LogP) is 2.30. The van der Waals surface area contributed by atoms with E-state index in [0.717, 1.165) is 11.1 Å². The topological polar surface area (TPSA) is 79.3 Å². The van der Waals surface area contributed by atoms with Gasteiger partial charge in [0.1, 0.15) is 0 Å². The third kappa shape index (κ3) is 3.22. The molecule has 0 radical (unpaired) electrons. The average Bonchev–Trinajstić information content (AvgIpc) is 2.41. The van der Waals surface area contributed by atoms with Crippen molar-refractivity contribution in [3.8, 4) is 0 Å². The van der Waals surface area contributed by atoms with E-state index < -0.39 is 10.0 Å². The fourth-order valence-corrected chi connectivity index (χ4v) is 3.50. The molecule has 1 aromatic heterocycles. The van der Waals surface area contributed by atoms with Gasteiger partial charge in [0.05, 0.1) is 23.4 Å². The fraction of sp³-hybridized carbons (Fsp3) is 0.267. The molecule has 0 atom stereocenters. The number of anilines is 1. The number of aromatic nitrogens is 1. The van der Waals surface area contributed by atoms with Crippen LogP contribution in [0.5, 0.6) is 0 Å². The van der Waals surface area contributed by atoms with Crippen LogP contribution in [-0.2, 0) is 16.6 Å². The molecule has 2 rings (SSSR count). The Morgan fingerprint density at radius 3 is 2.48 bits per heavy atom. The van der Waals surface area contributed by atoms with Gasteiger partial charge in [-0.15, -0.1) is 0 Å². The van der Waals surface area contributed by atoms with E-state index in [-0.39, 0.29) is 11.5 Å². The van der Waals surface area contributed by atoms with Gasteiger partial charge in [-0.3, -0.25) is 9.71 Å². The second-order valence-corrected chi connectivity index (χ2v) is 6.65. The SMILES string of the molecule is Cc1cc(C)c(S(=O)(=O)Nc2cnccc2C)cc1CO. The van der Waals surface area contributed by atoms with Crippen molar-refractivity contribution in [3.05, 3.63) is 52.8 Å². The van der Waals surface area contributed by atoms with Crippen LogP contribution >= 0.6 is 0 Å². The molecule has 21 heavy (non-hydrogen) atoms. The van der Waals surface area contributed by atoms with Gasteiger partial charge in [0.25, 0.3) is 10.0 Å². The maximum Gasteiger partial charge on any atom is 0.262 e. The monoisotopic (exact) mass is 306 g/mol. The summed E-state index contributed by atoms with van der Waals surface area (Å²) in [6.07, 6.45) is 3.08. The van der Waals surface area contributed by atoms with Crippen molar-refractivity contribution in [2.45, 2.75) is 32.3 Å². The van der Waals surface area contributed by atoms with Crippen molar-refractivity contribution in [2.24, 2.45) is 0 Å².